The number of halogens is 1. The predicted octanol–water partition coefficient (Wildman–Crippen LogP) is 2.25. The summed E-state index contributed by atoms with van der Waals surface area (Å²) >= 11 is 0. The van der Waals surface area contributed by atoms with Crippen LogP contribution in [0.1, 0.15) is 5.69 Å². The normalized spacial score (nSPS) is 9.85. The van der Waals surface area contributed by atoms with Crippen molar-refractivity contribution in [1.82, 2.24) is 4.98 Å². The van der Waals surface area contributed by atoms with E-state index in [-0.39, 0.29) is 5.82 Å². The summed E-state index contributed by atoms with van der Waals surface area (Å²) in [5.74, 6) is -0.303. The van der Waals surface area contributed by atoms with Gasteiger partial charge in [0.2, 0.25) is 0 Å². The Balaban J connectivity index is 2.77. The number of benzene rings is 1. The zero-order chi connectivity index (χ0) is 9.26. The standard InChI is InChI=1S/C10H5FN2/c11-9-2-1-7-6-13-10(5-12)4-8(7)3-9/h1-4,6H. The van der Waals surface area contributed by atoms with Crippen molar-refractivity contribution in [1.29, 1.82) is 5.26 Å². The van der Waals surface area contributed by atoms with Crippen LogP contribution in [0.2, 0.25) is 0 Å². The monoisotopic (exact) mass is 172 g/mol. The maximum atomic E-state index is 12.8. The lowest BCUT2D eigenvalue weighted by Crippen LogP contribution is -1.83. The quantitative estimate of drug-likeness (QED) is 0.611. The lowest BCUT2D eigenvalue weighted by atomic mass is 10.1. The number of nitriles is 1. The van der Waals surface area contributed by atoms with Gasteiger partial charge in [0.15, 0.2) is 0 Å². The molecule has 2 aromatic rings. The fourth-order valence-electron chi connectivity index (χ4n) is 1.17. The maximum absolute atomic E-state index is 12.8. The predicted molar refractivity (Wildman–Crippen MR) is 46.4 cm³/mol. The van der Waals surface area contributed by atoms with E-state index in [2.05, 4.69) is 4.98 Å². The van der Waals surface area contributed by atoms with Gasteiger partial charge in [-0.2, -0.15) is 5.26 Å². The summed E-state index contributed by atoms with van der Waals surface area (Å²) in [6.07, 6.45) is 1.56. The zero-order valence-electron chi connectivity index (χ0n) is 6.66. The van der Waals surface area contributed by atoms with Crippen molar-refractivity contribution in [2.45, 2.75) is 0 Å². The van der Waals surface area contributed by atoms with Crippen LogP contribution in [0, 0.1) is 17.1 Å². The minimum atomic E-state index is -0.303. The van der Waals surface area contributed by atoms with Gasteiger partial charge in [-0.3, -0.25) is 0 Å². The third-order valence-electron chi connectivity index (χ3n) is 1.80. The van der Waals surface area contributed by atoms with Crippen LogP contribution in [0.5, 0.6) is 0 Å². The topological polar surface area (TPSA) is 36.7 Å². The summed E-state index contributed by atoms with van der Waals surface area (Å²) < 4.78 is 12.8. The Bertz CT molecular complexity index is 500. The number of hydrogen-bond acceptors (Lipinski definition) is 2. The van der Waals surface area contributed by atoms with Gasteiger partial charge in [-0.1, -0.05) is 0 Å². The van der Waals surface area contributed by atoms with Gasteiger partial charge in [-0.25, -0.2) is 9.37 Å². The molecular formula is C10H5FN2. The van der Waals surface area contributed by atoms with Gasteiger partial charge in [0.25, 0.3) is 0 Å². The van der Waals surface area contributed by atoms with Crippen molar-refractivity contribution in [3.8, 4) is 6.07 Å². The van der Waals surface area contributed by atoms with E-state index >= 15 is 0 Å². The van der Waals surface area contributed by atoms with E-state index in [0.29, 0.717) is 11.1 Å². The molecule has 2 nitrogen and oxygen atoms in total. The first kappa shape index (κ1) is 7.69. The molecule has 0 amide bonds. The van der Waals surface area contributed by atoms with Crippen LogP contribution in [0.15, 0.2) is 30.5 Å². The van der Waals surface area contributed by atoms with Crippen LogP contribution in [-0.4, -0.2) is 4.98 Å². The Labute approximate surface area is 74.3 Å². The smallest absolute Gasteiger partial charge is 0.141 e. The average Bonchev–Trinajstić information content (AvgIpc) is 2.16. The van der Waals surface area contributed by atoms with Gasteiger partial charge in [0, 0.05) is 11.6 Å². The van der Waals surface area contributed by atoms with Crippen LogP contribution >= 0.6 is 0 Å². The van der Waals surface area contributed by atoms with E-state index < -0.39 is 0 Å². The Morgan fingerprint density at radius 2 is 2.08 bits per heavy atom. The maximum Gasteiger partial charge on any atom is 0.141 e. The molecule has 0 saturated carbocycles. The Kier molecular flexibility index (Phi) is 1.67. The lowest BCUT2D eigenvalue weighted by molar-refractivity contribution is 0.629. The Morgan fingerprint density at radius 1 is 1.23 bits per heavy atom. The number of nitrogens with zero attached hydrogens (tertiary/aromatic N) is 2. The molecule has 3 heteroatoms. The van der Waals surface area contributed by atoms with Crippen molar-refractivity contribution in [2.75, 3.05) is 0 Å². The van der Waals surface area contributed by atoms with Gasteiger partial charge < -0.3 is 0 Å². The molecule has 0 radical (unpaired) electrons. The summed E-state index contributed by atoms with van der Waals surface area (Å²) in [6, 6.07) is 7.87. The molecule has 0 fully saturated rings. The molecule has 0 atom stereocenters. The number of rotatable bonds is 0. The molecule has 0 unspecified atom stereocenters. The first-order chi connectivity index (χ1) is 6.29. The molecule has 0 N–H and O–H groups in total. The number of pyridine rings is 1. The molecule has 0 aliphatic heterocycles. The molecule has 62 valence electrons. The van der Waals surface area contributed by atoms with Gasteiger partial charge in [-0.15, -0.1) is 0 Å². The van der Waals surface area contributed by atoms with Crippen molar-refractivity contribution < 1.29 is 4.39 Å². The Hall–Kier alpha value is -1.95. The molecular weight excluding hydrogens is 167 g/mol. The number of hydrogen-bond donors (Lipinski definition) is 0. The minimum Gasteiger partial charge on any atom is -0.245 e. The van der Waals surface area contributed by atoms with E-state index in [4.69, 9.17) is 5.26 Å². The summed E-state index contributed by atoms with van der Waals surface area (Å²) in [7, 11) is 0. The summed E-state index contributed by atoms with van der Waals surface area (Å²) in [6.45, 7) is 0. The van der Waals surface area contributed by atoms with Crippen molar-refractivity contribution in [3.63, 3.8) is 0 Å². The van der Waals surface area contributed by atoms with Crippen LogP contribution < -0.4 is 0 Å². The van der Waals surface area contributed by atoms with E-state index in [1.165, 1.54) is 12.1 Å². The van der Waals surface area contributed by atoms with Gasteiger partial charge in [0.05, 0.1) is 0 Å². The largest absolute Gasteiger partial charge is 0.245 e. The van der Waals surface area contributed by atoms with Crippen molar-refractivity contribution in [3.05, 3.63) is 42.0 Å². The Morgan fingerprint density at radius 3 is 2.85 bits per heavy atom. The number of fused-ring (bicyclic) bond motifs is 1. The molecule has 0 spiro atoms. The fraction of sp³-hybridized carbons (Fsp3) is 0. The molecule has 1 heterocycles. The minimum absolute atomic E-state index is 0.303. The third-order valence-corrected chi connectivity index (χ3v) is 1.80. The van der Waals surface area contributed by atoms with Crippen LogP contribution in [0.4, 0.5) is 4.39 Å². The summed E-state index contributed by atoms with van der Waals surface area (Å²) in [5.41, 5.74) is 0.304. The van der Waals surface area contributed by atoms with Crippen molar-refractivity contribution >= 4 is 10.8 Å². The van der Waals surface area contributed by atoms with E-state index in [1.54, 1.807) is 18.3 Å². The molecule has 0 bridgehead atoms. The van der Waals surface area contributed by atoms with E-state index in [1.807, 2.05) is 6.07 Å². The highest BCUT2D eigenvalue weighted by atomic mass is 19.1. The van der Waals surface area contributed by atoms with Crippen LogP contribution in [-0.2, 0) is 0 Å². The first-order valence-corrected chi connectivity index (χ1v) is 3.75. The third kappa shape index (κ3) is 1.34. The average molecular weight is 172 g/mol. The van der Waals surface area contributed by atoms with Gasteiger partial charge in [-0.05, 0) is 29.7 Å². The van der Waals surface area contributed by atoms with Gasteiger partial charge in [0.1, 0.15) is 17.6 Å². The fourth-order valence-corrected chi connectivity index (χ4v) is 1.17. The first-order valence-electron chi connectivity index (χ1n) is 3.75. The van der Waals surface area contributed by atoms with E-state index in [0.717, 1.165) is 5.39 Å². The second kappa shape index (κ2) is 2.83. The highest BCUT2D eigenvalue weighted by molar-refractivity contribution is 5.82. The SMILES string of the molecule is N#Cc1cc2cc(F)ccc2cn1. The molecule has 1 aromatic heterocycles. The van der Waals surface area contributed by atoms with Crippen LogP contribution in [0.25, 0.3) is 10.8 Å². The lowest BCUT2D eigenvalue weighted by Gasteiger charge is -1.96. The highest BCUT2D eigenvalue weighted by Gasteiger charge is 1.97. The molecule has 0 aliphatic carbocycles. The molecule has 13 heavy (non-hydrogen) atoms. The highest BCUT2D eigenvalue weighted by Crippen LogP contribution is 2.14. The molecule has 2 rings (SSSR count). The number of aromatic nitrogens is 1. The van der Waals surface area contributed by atoms with Crippen LogP contribution in [0.3, 0.4) is 0 Å². The summed E-state index contributed by atoms with van der Waals surface area (Å²) in [5, 5.41) is 10.1. The zero-order valence-corrected chi connectivity index (χ0v) is 6.66. The van der Waals surface area contributed by atoms with E-state index in [9.17, 15) is 4.39 Å². The second-order valence-corrected chi connectivity index (χ2v) is 2.67. The summed E-state index contributed by atoms with van der Waals surface area (Å²) in [4.78, 5) is 3.87. The molecule has 1 aromatic carbocycles. The van der Waals surface area contributed by atoms with Crippen molar-refractivity contribution in [2.24, 2.45) is 0 Å². The molecule has 0 saturated heterocycles. The van der Waals surface area contributed by atoms with Gasteiger partial charge >= 0.3 is 0 Å². The second-order valence-electron chi connectivity index (χ2n) is 2.67. The molecule has 0 aliphatic rings.